The molecular weight excluding hydrogens is 304 g/mol. The largest absolute Gasteiger partial charge is 0.153 e. The Hall–Kier alpha value is -1.56. The molecule has 0 aliphatic carbocycles. The Bertz CT molecular complexity index is 675. The number of fused-ring (bicyclic) bond motifs is 2. The first kappa shape index (κ1) is 15.3. The first-order valence-corrected chi connectivity index (χ1v) is 9.73. The van der Waals surface area contributed by atoms with Crippen molar-refractivity contribution in [2.75, 3.05) is 11.5 Å². The van der Waals surface area contributed by atoms with Crippen LogP contribution in [0.5, 0.6) is 0 Å². The minimum absolute atomic E-state index is 1.03. The van der Waals surface area contributed by atoms with Crippen LogP contribution < -0.4 is 0 Å². The summed E-state index contributed by atoms with van der Waals surface area (Å²) in [5.41, 5.74) is 5.03. The molecule has 0 saturated heterocycles. The highest BCUT2D eigenvalue weighted by molar-refractivity contribution is 7.99. The van der Waals surface area contributed by atoms with E-state index in [1.165, 1.54) is 16.7 Å². The van der Waals surface area contributed by atoms with Gasteiger partial charge < -0.3 is 0 Å². The van der Waals surface area contributed by atoms with E-state index in [1.54, 1.807) is 0 Å². The zero-order valence-corrected chi connectivity index (χ0v) is 14.1. The molecule has 0 fully saturated rings. The molecule has 0 unspecified atom stereocenters. The molecule has 0 nitrogen and oxygen atoms in total. The van der Waals surface area contributed by atoms with Gasteiger partial charge in [-0.15, -0.1) is 0 Å². The number of hydrogen-bond acceptors (Lipinski definition) is 2. The Labute approximate surface area is 141 Å². The molecule has 0 N–H and O–H groups in total. The number of benzene rings is 2. The first-order chi connectivity index (χ1) is 10.9. The average molecular weight is 322 g/mol. The molecule has 0 radical (unpaired) electrons. The van der Waals surface area contributed by atoms with Gasteiger partial charge in [0.2, 0.25) is 0 Å². The molecule has 2 heteroatoms. The van der Waals surface area contributed by atoms with E-state index in [2.05, 4.69) is 54.3 Å². The van der Waals surface area contributed by atoms with Crippen LogP contribution in [0.15, 0.2) is 60.7 Å². The Balaban J connectivity index is 1.95. The zero-order valence-electron chi connectivity index (χ0n) is 12.4. The summed E-state index contributed by atoms with van der Waals surface area (Å²) in [6, 6.07) is 16.8. The predicted octanol–water partition coefficient (Wildman–Crippen LogP) is 5.12. The molecule has 1 heterocycles. The highest BCUT2D eigenvalue weighted by Crippen LogP contribution is 2.24. The molecule has 1 aliphatic heterocycles. The minimum Gasteiger partial charge on any atom is -0.153 e. The van der Waals surface area contributed by atoms with Crippen molar-refractivity contribution in [2.24, 2.45) is 0 Å². The second-order valence-corrected chi connectivity index (χ2v) is 7.13. The molecule has 0 amide bonds. The summed E-state index contributed by atoms with van der Waals surface area (Å²) >= 11 is 3.91. The number of hydrogen-bond donors (Lipinski definition) is 0. The van der Waals surface area contributed by atoms with Gasteiger partial charge in [0, 0.05) is 34.1 Å². The lowest BCUT2D eigenvalue weighted by atomic mass is 10.0. The van der Waals surface area contributed by atoms with Gasteiger partial charge in [0.05, 0.1) is 0 Å². The van der Waals surface area contributed by atoms with Gasteiger partial charge in [0.25, 0.3) is 0 Å². The molecule has 3 rings (SSSR count). The molecule has 0 saturated carbocycles. The summed E-state index contributed by atoms with van der Waals surface area (Å²) in [7, 11) is 0. The molecule has 0 aromatic heterocycles. The van der Waals surface area contributed by atoms with Crippen LogP contribution in [0.2, 0.25) is 0 Å². The van der Waals surface area contributed by atoms with Crippen LogP contribution in [0.25, 0.3) is 0 Å². The van der Waals surface area contributed by atoms with Crippen molar-refractivity contribution in [2.45, 2.75) is 11.5 Å². The predicted molar refractivity (Wildman–Crippen MR) is 100 cm³/mol. The maximum absolute atomic E-state index is 3.44. The van der Waals surface area contributed by atoms with Crippen molar-refractivity contribution in [1.82, 2.24) is 0 Å². The third-order valence-corrected chi connectivity index (χ3v) is 5.34. The van der Waals surface area contributed by atoms with Crippen LogP contribution in [0.3, 0.4) is 0 Å². The summed E-state index contributed by atoms with van der Waals surface area (Å²) in [6.45, 7) is 0. The smallest absolute Gasteiger partial charge is 0.0329 e. The molecule has 2 bridgehead atoms. The van der Waals surface area contributed by atoms with Gasteiger partial charge >= 0.3 is 0 Å². The van der Waals surface area contributed by atoms with Gasteiger partial charge in [-0.05, 0) is 23.3 Å². The summed E-state index contributed by atoms with van der Waals surface area (Å²) in [6.07, 6.45) is 4.56. The van der Waals surface area contributed by atoms with E-state index < -0.39 is 0 Å². The summed E-state index contributed by atoms with van der Waals surface area (Å²) in [4.78, 5) is 0. The highest BCUT2D eigenvalue weighted by atomic mass is 32.2. The second-order valence-electron chi connectivity index (χ2n) is 5.07. The highest BCUT2D eigenvalue weighted by Gasteiger charge is 2.07. The van der Waals surface area contributed by atoms with Crippen molar-refractivity contribution in [3.05, 3.63) is 82.9 Å². The molecule has 2 aromatic rings. The van der Waals surface area contributed by atoms with E-state index >= 15 is 0 Å². The lowest BCUT2D eigenvalue weighted by Gasteiger charge is -2.09. The second kappa shape index (κ2) is 8.17. The Morgan fingerprint density at radius 2 is 1.32 bits per heavy atom. The van der Waals surface area contributed by atoms with Gasteiger partial charge in [-0.1, -0.05) is 60.4 Å². The molecule has 2 aromatic carbocycles. The van der Waals surface area contributed by atoms with Crippen LogP contribution in [-0.2, 0) is 11.5 Å². The molecule has 0 atom stereocenters. The fraction of sp³-hybridized carbons (Fsp3) is 0.200. The standard InChI is InChI=1S/C20H18S2/c1-2-7-17(8-3-1)11-12-20-18-9-6-10-19(20)16-22-14-5-4-13-21-15-18/h1-10H,13-16H2/b5-4-. The van der Waals surface area contributed by atoms with Crippen LogP contribution in [0.1, 0.15) is 22.3 Å². The van der Waals surface area contributed by atoms with Crippen molar-refractivity contribution < 1.29 is 0 Å². The SMILES string of the molecule is C(#Cc1c2cccc1CSC/C=C\CSC2)c1ccccc1. The molecule has 110 valence electrons. The zero-order chi connectivity index (χ0) is 15.0. The molecule has 22 heavy (non-hydrogen) atoms. The Morgan fingerprint density at radius 1 is 0.682 bits per heavy atom. The Morgan fingerprint density at radius 3 is 1.95 bits per heavy atom. The fourth-order valence-corrected chi connectivity index (χ4v) is 4.02. The normalized spacial score (nSPS) is 16.0. The van der Waals surface area contributed by atoms with Gasteiger partial charge in [-0.25, -0.2) is 0 Å². The van der Waals surface area contributed by atoms with E-state index in [0.717, 1.165) is 28.6 Å². The fourth-order valence-electron chi connectivity index (χ4n) is 2.32. The van der Waals surface area contributed by atoms with E-state index in [9.17, 15) is 0 Å². The minimum atomic E-state index is 1.03. The summed E-state index contributed by atoms with van der Waals surface area (Å²) in [5, 5.41) is 0. The Kier molecular flexibility index (Phi) is 5.70. The van der Waals surface area contributed by atoms with Gasteiger partial charge in [-0.3, -0.25) is 0 Å². The molecular formula is C20H18S2. The van der Waals surface area contributed by atoms with Crippen molar-refractivity contribution >= 4 is 23.5 Å². The van der Waals surface area contributed by atoms with Crippen LogP contribution in [0, 0.1) is 11.8 Å². The quantitative estimate of drug-likeness (QED) is 0.487. The van der Waals surface area contributed by atoms with E-state index in [1.807, 2.05) is 41.7 Å². The van der Waals surface area contributed by atoms with Crippen molar-refractivity contribution in [1.29, 1.82) is 0 Å². The first-order valence-electron chi connectivity index (χ1n) is 7.42. The number of rotatable bonds is 0. The van der Waals surface area contributed by atoms with Gasteiger partial charge in [0.15, 0.2) is 0 Å². The van der Waals surface area contributed by atoms with Crippen molar-refractivity contribution in [3.8, 4) is 11.8 Å². The number of thioether (sulfide) groups is 2. The maximum Gasteiger partial charge on any atom is 0.0329 e. The van der Waals surface area contributed by atoms with Crippen molar-refractivity contribution in [3.63, 3.8) is 0 Å². The van der Waals surface area contributed by atoms with Crippen LogP contribution in [-0.4, -0.2) is 11.5 Å². The third-order valence-electron chi connectivity index (χ3n) is 3.45. The van der Waals surface area contributed by atoms with Crippen LogP contribution >= 0.6 is 23.5 Å². The van der Waals surface area contributed by atoms with E-state index in [0.29, 0.717) is 0 Å². The van der Waals surface area contributed by atoms with E-state index in [4.69, 9.17) is 0 Å². The summed E-state index contributed by atoms with van der Waals surface area (Å²) in [5.74, 6) is 11.0. The maximum atomic E-state index is 3.44. The summed E-state index contributed by atoms with van der Waals surface area (Å²) < 4.78 is 0. The molecule has 1 aliphatic rings. The van der Waals surface area contributed by atoms with Crippen LogP contribution in [0.4, 0.5) is 0 Å². The van der Waals surface area contributed by atoms with Gasteiger partial charge in [-0.2, -0.15) is 23.5 Å². The average Bonchev–Trinajstić information content (AvgIpc) is 2.58. The topological polar surface area (TPSA) is 0 Å². The monoisotopic (exact) mass is 322 g/mol. The lowest BCUT2D eigenvalue weighted by molar-refractivity contribution is 1.30. The lowest BCUT2D eigenvalue weighted by Crippen LogP contribution is -1.95. The third kappa shape index (κ3) is 4.22. The molecule has 0 spiro atoms. The van der Waals surface area contributed by atoms with Gasteiger partial charge in [0.1, 0.15) is 0 Å². The van der Waals surface area contributed by atoms with E-state index in [-0.39, 0.29) is 0 Å².